The summed E-state index contributed by atoms with van der Waals surface area (Å²) >= 11 is 6.17. The Morgan fingerprint density at radius 3 is 2.76 bits per heavy atom. The average molecular weight is 301 g/mol. The van der Waals surface area contributed by atoms with Crippen molar-refractivity contribution in [3.05, 3.63) is 59.1 Å². The van der Waals surface area contributed by atoms with Crippen LogP contribution in [0.4, 0.5) is 11.4 Å². The Balaban J connectivity index is 1.65. The van der Waals surface area contributed by atoms with Gasteiger partial charge in [0.15, 0.2) is 0 Å². The highest BCUT2D eigenvalue weighted by molar-refractivity contribution is 6.33. The fourth-order valence-corrected chi connectivity index (χ4v) is 3.25. The van der Waals surface area contributed by atoms with E-state index in [0.29, 0.717) is 5.92 Å². The largest absolute Gasteiger partial charge is 0.382 e. The molecule has 2 aromatic rings. The standard InChI is InChI=1S/C18H21ClN2/c1-14-12-15-6-2-5-9-18(15)21(13-14)11-10-20-17-8-4-3-7-16(17)19/h2-9,14,20H,10-13H2,1H3. The normalized spacial score (nSPS) is 17.4. The van der Waals surface area contributed by atoms with Crippen molar-refractivity contribution in [3.63, 3.8) is 0 Å². The number of hydrogen-bond donors (Lipinski definition) is 1. The van der Waals surface area contributed by atoms with Crippen LogP contribution in [0.25, 0.3) is 0 Å². The summed E-state index contributed by atoms with van der Waals surface area (Å²) in [7, 11) is 0. The number of nitrogens with zero attached hydrogens (tertiary/aromatic N) is 1. The van der Waals surface area contributed by atoms with Crippen LogP contribution in [0.3, 0.4) is 0 Å². The monoisotopic (exact) mass is 300 g/mol. The summed E-state index contributed by atoms with van der Waals surface area (Å²) in [6.07, 6.45) is 1.19. The SMILES string of the molecule is CC1Cc2ccccc2N(CCNc2ccccc2Cl)C1. The number of hydrogen-bond acceptors (Lipinski definition) is 2. The lowest BCUT2D eigenvalue weighted by atomic mass is 9.94. The molecule has 0 spiro atoms. The van der Waals surface area contributed by atoms with Gasteiger partial charge in [-0.3, -0.25) is 0 Å². The van der Waals surface area contributed by atoms with Gasteiger partial charge in [-0.2, -0.15) is 0 Å². The topological polar surface area (TPSA) is 15.3 Å². The molecule has 1 aliphatic rings. The summed E-state index contributed by atoms with van der Waals surface area (Å²) in [6, 6.07) is 16.6. The summed E-state index contributed by atoms with van der Waals surface area (Å²) in [5.74, 6) is 0.709. The molecule has 110 valence electrons. The Kier molecular flexibility index (Phi) is 4.35. The minimum atomic E-state index is 0.709. The van der Waals surface area contributed by atoms with E-state index in [9.17, 15) is 0 Å². The third-order valence-electron chi connectivity index (χ3n) is 4.00. The number of benzene rings is 2. The Bertz CT molecular complexity index is 612. The second kappa shape index (κ2) is 6.40. The molecule has 2 aromatic carbocycles. The van der Waals surface area contributed by atoms with Gasteiger partial charge in [-0.25, -0.2) is 0 Å². The molecule has 0 radical (unpaired) electrons. The number of rotatable bonds is 4. The first kappa shape index (κ1) is 14.3. The highest BCUT2D eigenvalue weighted by atomic mass is 35.5. The van der Waals surface area contributed by atoms with Crippen molar-refractivity contribution in [2.24, 2.45) is 5.92 Å². The highest BCUT2D eigenvalue weighted by Gasteiger charge is 2.20. The van der Waals surface area contributed by atoms with Gasteiger partial charge in [0.05, 0.1) is 10.7 Å². The van der Waals surface area contributed by atoms with Crippen LogP contribution >= 0.6 is 11.6 Å². The third-order valence-corrected chi connectivity index (χ3v) is 4.33. The maximum absolute atomic E-state index is 6.17. The van der Waals surface area contributed by atoms with E-state index < -0.39 is 0 Å². The maximum atomic E-state index is 6.17. The average Bonchev–Trinajstić information content (AvgIpc) is 2.49. The first-order valence-corrected chi connectivity index (χ1v) is 7.93. The lowest BCUT2D eigenvalue weighted by Gasteiger charge is -2.35. The summed E-state index contributed by atoms with van der Waals surface area (Å²) in [6.45, 7) is 5.34. The molecule has 0 bridgehead atoms. The number of fused-ring (bicyclic) bond motifs is 1. The predicted molar refractivity (Wildman–Crippen MR) is 91.5 cm³/mol. The molecule has 3 rings (SSSR count). The predicted octanol–water partition coefficient (Wildman–Crippen LogP) is 4.45. The first-order chi connectivity index (χ1) is 10.2. The molecule has 1 unspecified atom stereocenters. The quantitative estimate of drug-likeness (QED) is 0.897. The Morgan fingerprint density at radius 1 is 1.14 bits per heavy atom. The summed E-state index contributed by atoms with van der Waals surface area (Å²) in [5.41, 5.74) is 3.86. The van der Waals surface area contributed by atoms with Crippen molar-refractivity contribution in [2.45, 2.75) is 13.3 Å². The van der Waals surface area contributed by atoms with E-state index in [4.69, 9.17) is 11.6 Å². The molecule has 3 heteroatoms. The van der Waals surface area contributed by atoms with Crippen LogP contribution in [0, 0.1) is 5.92 Å². The molecular weight excluding hydrogens is 280 g/mol. The Hall–Kier alpha value is -1.67. The van der Waals surface area contributed by atoms with E-state index in [1.807, 2.05) is 24.3 Å². The zero-order valence-corrected chi connectivity index (χ0v) is 13.1. The zero-order chi connectivity index (χ0) is 14.7. The lowest BCUT2D eigenvalue weighted by Crippen LogP contribution is -2.37. The van der Waals surface area contributed by atoms with Crippen LogP contribution in [0.5, 0.6) is 0 Å². The van der Waals surface area contributed by atoms with Gasteiger partial charge < -0.3 is 10.2 Å². The van der Waals surface area contributed by atoms with Crippen molar-refractivity contribution in [1.82, 2.24) is 0 Å². The van der Waals surface area contributed by atoms with Crippen molar-refractivity contribution in [1.29, 1.82) is 0 Å². The minimum Gasteiger partial charge on any atom is -0.382 e. The van der Waals surface area contributed by atoms with E-state index in [2.05, 4.69) is 41.4 Å². The van der Waals surface area contributed by atoms with Gasteiger partial charge in [-0.15, -0.1) is 0 Å². The summed E-state index contributed by atoms with van der Waals surface area (Å²) in [5, 5.41) is 4.21. The lowest BCUT2D eigenvalue weighted by molar-refractivity contribution is 0.535. The van der Waals surface area contributed by atoms with E-state index in [-0.39, 0.29) is 0 Å². The van der Waals surface area contributed by atoms with Crippen LogP contribution in [-0.2, 0) is 6.42 Å². The van der Waals surface area contributed by atoms with E-state index in [1.165, 1.54) is 17.7 Å². The second-order valence-electron chi connectivity index (χ2n) is 5.79. The van der Waals surface area contributed by atoms with Crippen LogP contribution in [-0.4, -0.2) is 19.6 Å². The molecule has 2 nitrogen and oxygen atoms in total. The number of nitrogens with one attached hydrogen (secondary N) is 1. The van der Waals surface area contributed by atoms with Crippen molar-refractivity contribution < 1.29 is 0 Å². The highest BCUT2D eigenvalue weighted by Crippen LogP contribution is 2.29. The molecule has 0 saturated heterocycles. The smallest absolute Gasteiger partial charge is 0.0637 e. The third kappa shape index (κ3) is 3.33. The van der Waals surface area contributed by atoms with Gasteiger partial charge in [-0.05, 0) is 36.1 Å². The number of para-hydroxylation sites is 2. The van der Waals surface area contributed by atoms with Crippen molar-refractivity contribution in [3.8, 4) is 0 Å². The van der Waals surface area contributed by atoms with Crippen LogP contribution in [0.15, 0.2) is 48.5 Å². The van der Waals surface area contributed by atoms with Gasteiger partial charge in [0.1, 0.15) is 0 Å². The van der Waals surface area contributed by atoms with E-state index in [0.717, 1.165) is 30.3 Å². The molecule has 21 heavy (non-hydrogen) atoms. The van der Waals surface area contributed by atoms with Crippen molar-refractivity contribution >= 4 is 23.0 Å². The number of halogens is 1. The molecule has 0 amide bonds. The van der Waals surface area contributed by atoms with E-state index >= 15 is 0 Å². The van der Waals surface area contributed by atoms with Gasteiger partial charge >= 0.3 is 0 Å². The molecule has 0 saturated carbocycles. The van der Waals surface area contributed by atoms with Crippen LogP contribution in [0.2, 0.25) is 5.02 Å². The molecule has 1 atom stereocenters. The van der Waals surface area contributed by atoms with Gasteiger partial charge in [0.2, 0.25) is 0 Å². The molecule has 1 heterocycles. The fourth-order valence-electron chi connectivity index (χ4n) is 3.05. The molecule has 1 aliphatic heterocycles. The summed E-state index contributed by atoms with van der Waals surface area (Å²) in [4.78, 5) is 2.48. The molecule has 0 fully saturated rings. The minimum absolute atomic E-state index is 0.709. The molecule has 0 aliphatic carbocycles. The molecule has 1 N–H and O–H groups in total. The van der Waals surface area contributed by atoms with Gasteiger partial charge in [-0.1, -0.05) is 48.9 Å². The first-order valence-electron chi connectivity index (χ1n) is 7.55. The fraction of sp³-hybridized carbons (Fsp3) is 0.333. The molecule has 0 aromatic heterocycles. The van der Waals surface area contributed by atoms with Crippen molar-refractivity contribution in [2.75, 3.05) is 29.9 Å². The Morgan fingerprint density at radius 2 is 1.90 bits per heavy atom. The summed E-state index contributed by atoms with van der Waals surface area (Å²) < 4.78 is 0. The van der Waals surface area contributed by atoms with E-state index in [1.54, 1.807) is 0 Å². The maximum Gasteiger partial charge on any atom is 0.0637 e. The Labute approximate surface area is 131 Å². The second-order valence-corrected chi connectivity index (χ2v) is 6.20. The van der Waals surface area contributed by atoms with Gasteiger partial charge in [0.25, 0.3) is 0 Å². The zero-order valence-electron chi connectivity index (χ0n) is 12.3. The number of anilines is 2. The molecular formula is C18H21ClN2. The van der Waals surface area contributed by atoms with Gasteiger partial charge in [0, 0.05) is 25.3 Å². The van der Waals surface area contributed by atoms with Crippen LogP contribution in [0.1, 0.15) is 12.5 Å². The van der Waals surface area contributed by atoms with Crippen LogP contribution < -0.4 is 10.2 Å².